The molecule has 1 aliphatic rings. The van der Waals surface area contributed by atoms with E-state index in [2.05, 4.69) is 16.0 Å². The second kappa shape index (κ2) is 6.88. The SMILES string of the molecule is CNC(=O)N[C@H]1CCc2c(C(=O)Nc3ccc(F)c(F)c3)cccc21. The van der Waals surface area contributed by atoms with Crippen molar-refractivity contribution >= 4 is 17.6 Å². The van der Waals surface area contributed by atoms with E-state index in [1.54, 1.807) is 12.1 Å². The highest BCUT2D eigenvalue weighted by Crippen LogP contribution is 2.33. The van der Waals surface area contributed by atoms with Crippen molar-refractivity contribution in [1.29, 1.82) is 0 Å². The number of halogens is 2. The van der Waals surface area contributed by atoms with Gasteiger partial charge in [0.1, 0.15) is 0 Å². The van der Waals surface area contributed by atoms with Crippen molar-refractivity contribution in [3.8, 4) is 0 Å². The lowest BCUT2D eigenvalue weighted by molar-refractivity contribution is 0.102. The minimum absolute atomic E-state index is 0.161. The summed E-state index contributed by atoms with van der Waals surface area (Å²) in [7, 11) is 1.54. The maximum absolute atomic E-state index is 13.3. The Morgan fingerprint density at radius 3 is 2.64 bits per heavy atom. The Morgan fingerprint density at radius 1 is 1.12 bits per heavy atom. The largest absolute Gasteiger partial charge is 0.341 e. The van der Waals surface area contributed by atoms with Gasteiger partial charge in [0.25, 0.3) is 5.91 Å². The predicted octanol–water partition coefficient (Wildman–Crippen LogP) is 3.13. The molecule has 3 rings (SSSR count). The van der Waals surface area contributed by atoms with Gasteiger partial charge in [0, 0.05) is 24.4 Å². The number of hydrogen-bond acceptors (Lipinski definition) is 2. The topological polar surface area (TPSA) is 70.2 Å². The molecular formula is C18H17F2N3O2. The fourth-order valence-corrected chi connectivity index (χ4v) is 3.02. The summed E-state index contributed by atoms with van der Waals surface area (Å²) in [6, 6.07) is 8.04. The van der Waals surface area contributed by atoms with Crippen LogP contribution < -0.4 is 16.0 Å². The monoisotopic (exact) mass is 345 g/mol. The average Bonchev–Trinajstić information content (AvgIpc) is 3.01. The summed E-state index contributed by atoms with van der Waals surface area (Å²) in [5.74, 6) is -2.39. The second-order valence-electron chi connectivity index (χ2n) is 5.77. The van der Waals surface area contributed by atoms with Crippen LogP contribution in [0.25, 0.3) is 0 Å². The van der Waals surface area contributed by atoms with Crippen molar-refractivity contribution < 1.29 is 18.4 Å². The van der Waals surface area contributed by atoms with Crippen LogP contribution >= 0.6 is 0 Å². The zero-order valence-electron chi connectivity index (χ0n) is 13.5. The lowest BCUT2D eigenvalue weighted by Gasteiger charge is -2.14. The Kier molecular flexibility index (Phi) is 4.65. The number of carbonyl (C=O) groups excluding carboxylic acids is 2. The first-order valence-electron chi connectivity index (χ1n) is 7.86. The van der Waals surface area contributed by atoms with Crippen LogP contribution in [0, 0.1) is 11.6 Å². The molecule has 0 spiro atoms. The van der Waals surface area contributed by atoms with Gasteiger partial charge in [0.05, 0.1) is 6.04 Å². The fourth-order valence-electron chi connectivity index (χ4n) is 3.02. The van der Waals surface area contributed by atoms with E-state index in [1.807, 2.05) is 6.07 Å². The molecule has 130 valence electrons. The highest BCUT2D eigenvalue weighted by molar-refractivity contribution is 6.05. The number of fused-ring (bicyclic) bond motifs is 1. The molecule has 0 unspecified atom stereocenters. The van der Waals surface area contributed by atoms with E-state index < -0.39 is 17.5 Å². The summed E-state index contributed by atoms with van der Waals surface area (Å²) in [6.07, 6.45) is 1.34. The minimum Gasteiger partial charge on any atom is -0.341 e. The third-order valence-corrected chi connectivity index (χ3v) is 4.23. The molecule has 2 aromatic carbocycles. The molecule has 5 nitrogen and oxygen atoms in total. The summed E-state index contributed by atoms with van der Waals surface area (Å²) < 4.78 is 26.3. The van der Waals surface area contributed by atoms with Gasteiger partial charge in [-0.2, -0.15) is 0 Å². The van der Waals surface area contributed by atoms with Gasteiger partial charge in [-0.15, -0.1) is 0 Å². The summed E-state index contributed by atoms with van der Waals surface area (Å²) in [4.78, 5) is 24.1. The average molecular weight is 345 g/mol. The van der Waals surface area contributed by atoms with Gasteiger partial charge in [-0.05, 0) is 42.2 Å². The molecule has 0 saturated carbocycles. The number of hydrogen-bond donors (Lipinski definition) is 3. The molecule has 2 aromatic rings. The Morgan fingerprint density at radius 2 is 1.92 bits per heavy atom. The zero-order chi connectivity index (χ0) is 18.0. The van der Waals surface area contributed by atoms with Crippen LogP contribution in [0.4, 0.5) is 19.3 Å². The van der Waals surface area contributed by atoms with E-state index >= 15 is 0 Å². The number of benzene rings is 2. The highest BCUT2D eigenvalue weighted by Gasteiger charge is 2.27. The third kappa shape index (κ3) is 3.45. The number of rotatable bonds is 3. The molecule has 0 heterocycles. The van der Waals surface area contributed by atoms with E-state index in [4.69, 9.17) is 0 Å². The molecule has 1 aliphatic carbocycles. The van der Waals surface area contributed by atoms with Crippen LogP contribution in [-0.4, -0.2) is 19.0 Å². The summed E-state index contributed by atoms with van der Waals surface area (Å²) >= 11 is 0. The van der Waals surface area contributed by atoms with Crippen LogP contribution in [0.3, 0.4) is 0 Å². The van der Waals surface area contributed by atoms with Crippen molar-refractivity contribution in [1.82, 2.24) is 10.6 Å². The van der Waals surface area contributed by atoms with Crippen molar-refractivity contribution in [3.05, 3.63) is 64.7 Å². The second-order valence-corrected chi connectivity index (χ2v) is 5.77. The lowest BCUT2D eigenvalue weighted by Crippen LogP contribution is -2.34. The Hall–Kier alpha value is -2.96. The minimum atomic E-state index is -1.02. The molecule has 3 N–H and O–H groups in total. The number of amides is 3. The van der Waals surface area contributed by atoms with Crippen molar-refractivity contribution in [2.75, 3.05) is 12.4 Å². The van der Waals surface area contributed by atoms with Crippen LogP contribution in [0.5, 0.6) is 0 Å². The molecule has 0 aliphatic heterocycles. The van der Waals surface area contributed by atoms with Gasteiger partial charge in [-0.1, -0.05) is 12.1 Å². The molecular weight excluding hydrogens is 328 g/mol. The molecule has 0 aromatic heterocycles. The number of nitrogens with one attached hydrogen (secondary N) is 3. The quantitative estimate of drug-likeness (QED) is 0.800. The van der Waals surface area contributed by atoms with Crippen LogP contribution in [0.1, 0.15) is 33.9 Å². The molecule has 0 saturated heterocycles. The van der Waals surface area contributed by atoms with E-state index in [0.717, 1.165) is 23.3 Å². The van der Waals surface area contributed by atoms with Gasteiger partial charge >= 0.3 is 6.03 Å². The molecule has 0 fully saturated rings. The fraction of sp³-hybridized carbons (Fsp3) is 0.222. The van der Waals surface area contributed by atoms with E-state index in [-0.39, 0.29) is 17.8 Å². The highest BCUT2D eigenvalue weighted by atomic mass is 19.2. The first-order chi connectivity index (χ1) is 12.0. The molecule has 1 atom stereocenters. The first kappa shape index (κ1) is 16.9. The van der Waals surface area contributed by atoms with Gasteiger partial charge in [-0.25, -0.2) is 13.6 Å². The zero-order valence-corrected chi connectivity index (χ0v) is 13.5. The molecule has 0 bridgehead atoms. The molecule has 3 amide bonds. The molecule has 25 heavy (non-hydrogen) atoms. The van der Waals surface area contributed by atoms with E-state index in [9.17, 15) is 18.4 Å². The Bertz CT molecular complexity index is 839. The summed E-state index contributed by atoms with van der Waals surface area (Å²) in [6.45, 7) is 0. The normalized spacial score (nSPS) is 15.4. The van der Waals surface area contributed by atoms with Crippen LogP contribution in [0.2, 0.25) is 0 Å². The Balaban J connectivity index is 1.82. The van der Waals surface area contributed by atoms with Gasteiger partial charge in [0.15, 0.2) is 11.6 Å². The maximum Gasteiger partial charge on any atom is 0.315 e. The first-order valence-corrected chi connectivity index (χ1v) is 7.86. The van der Waals surface area contributed by atoms with Crippen molar-refractivity contribution in [3.63, 3.8) is 0 Å². The van der Waals surface area contributed by atoms with Crippen LogP contribution in [-0.2, 0) is 6.42 Å². The standard InChI is InChI=1S/C18H17F2N3O2/c1-21-18(25)23-16-8-6-11-12(16)3-2-4-13(11)17(24)22-10-5-7-14(19)15(20)9-10/h2-5,7,9,16H,6,8H2,1H3,(H,22,24)(H2,21,23,25)/t16-/m0/s1. The third-order valence-electron chi connectivity index (χ3n) is 4.23. The molecule has 7 heteroatoms. The van der Waals surface area contributed by atoms with E-state index in [0.29, 0.717) is 18.4 Å². The smallest absolute Gasteiger partial charge is 0.315 e. The summed E-state index contributed by atoms with van der Waals surface area (Å²) in [5, 5.41) is 7.93. The van der Waals surface area contributed by atoms with Gasteiger partial charge in [-0.3, -0.25) is 4.79 Å². The maximum atomic E-state index is 13.3. The number of urea groups is 1. The number of carbonyl (C=O) groups is 2. The van der Waals surface area contributed by atoms with Crippen LogP contribution in [0.15, 0.2) is 36.4 Å². The van der Waals surface area contributed by atoms with Crippen molar-refractivity contribution in [2.45, 2.75) is 18.9 Å². The van der Waals surface area contributed by atoms with Crippen molar-refractivity contribution in [2.24, 2.45) is 0 Å². The van der Waals surface area contributed by atoms with Gasteiger partial charge in [0.2, 0.25) is 0 Å². The predicted molar refractivity (Wildman–Crippen MR) is 89.4 cm³/mol. The molecule has 0 radical (unpaired) electrons. The van der Waals surface area contributed by atoms with Gasteiger partial charge < -0.3 is 16.0 Å². The number of anilines is 1. The lowest BCUT2D eigenvalue weighted by atomic mass is 10.0. The Labute approximate surface area is 143 Å². The van der Waals surface area contributed by atoms with E-state index in [1.165, 1.54) is 13.1 Å². The summed E-state index contributed by atoms with van der Waals surface area (Å²) in [5.41, 5.74) is 2.38.